The van der Waals surface area contributed by atoms with Crippen LogP contribution in [0.5, 0.6) is 0 Å². The van der Waals surface area contributed by atoms with Gasteiger partial charge in [0.1, 0.15) is 0 Å². The van der Waals surface area contributed by atoms with Gasteiger partial charge in [0, 0.05) is 24.9 Å². The first-order valence-corrected chi connectivity index (χ1v) is 14.4. The number of nitrogens with one attached hydrogen (secondary N) is 2. The molecular formula is C37H44N4O. The number of benzene rings is 3. The molecule has 0 aliphatic heterocycles. The zero-order chi connectivity index (χ0) is 30.6. The molecule has 0 fully saturated rings. The van der Waals surface area contributed by atoms with Crippen molar-refractivity contribution < 1.29 is 4.79 Å². The molecule has 4 aromatic rings. The van der Waals surface area contributed by atoms with E-state index in [1.807, 2.05) is 88.1 Å². The fourth-order valence-electron chi connectivity index (χ4n) is 4.60. The van der Waals surface area contributed by atoms with Crippen LogP contribution in [0.25, 0.3) is 17.3 Å². The molecule has 1 amide bonds. The molecule has 0 spiro atoms. The Labute approximate surface area is 251 Å². The van der Waals surface area contributed by atoms with Gasteiger partial charge in [-0.1, -0.05) is 86.3 Å². The number of anilines is 1. The molecule has 0 bridgehead atoms. The normalized spacial score (nSPS) is 11.4. The molecule has 5 heteroatoms. The summed E-state index contributed by atoms with van der Waals surface area (Å²) >= 11 is 0. The third-order valence-electron chi connectivity index (χ3n) is 7.29. The standard InChI is InChI=1S/C20H23NO.C17H21N3/c1-4-17-9-11-18(12-10-17)14-21-20(22)16(3)13-19-8-6-5-7-15(19)2;1-12-8-6-7-9-16(12)13(2)10-14(3)20-15(4)17(18-5)11-19-20/h5-13H,4,14H2,1-3H3,(H,21,22);6-11,18H,2H2,1,3-5H3/b16-13+;14-10-. The second-order valence-corrected chi connectivity index (χ2v) is 10.5. The van der Waals surface area contributed by atoms with Crippen molar-refractivity contribution in [2.45, 2.75) is 54.5 Å². The highest BCUT2D eigenvalue weighted by molar-refractivity contribution is 5.97. The third kappa shape index (κ3) is 8.68. The van der Waals surface area contributed by atoms with Gasteiger partial charge in [0.2, 0.25) is 5.91 Å². The van der Waals surface area contributed by atoms with Crippen molar-refractivity contribution in [2.24, 2.45) is 0 Å². The second-order valence-electron chi connectivity index (χ2n) is 10.5. The molecule has 0 atom stereocenters. The van der Waals surface area contributed by atoms with Gasteiger partial charge >= 0.3 is 0 Å². The fraction of sp³-hybridized carbons (Fsp3) is 0.243. The molecule has 0 radical (unpaired) electrons. The number of carbonyl (C=O) groups excluding carboxylic acids is 1. The predicted molar refractivity (Wildman–Crippen MR) is 179 cm³/mol. The van der Waals surface area contributed by atoms with E-state index >= 15 is 0 Å². The third-order valence-corrected chi connectivity index (χ3v) is 7.29. The van der Waals surface area contributed by atoms with Crippen LogP contribution >= 0.6 is 0 Å². The molecule has 0 aliphatic rings. The van der Waals surface area contributed by atoms with Crippen molar-refractivity contribution in [3.8, 4) is 0 Å². The van der Waals surface area contributed by atoms with Gasteiger partial charge in [0.05, 0.1) is 17.6 Å². The highest BCUT2D eigenvalue weighted by Crippen LogP contribution is 2.23. The fourth-order valence-corrected chi connectivity index (χ4v) is 4.60. The number of hydrogen-bond acceptors (Lipinski definition) is 3. The van der Waals surface area contributed by atoms with Crippen LogP contribution in [0, 0.1) is 20.8 Å². The minimum absolute atomic E-state index is 0.0252. The van der Waals surface area contributed by atoms with Gasteiger partial charge in [0.15, 0.2) is 0 Å². The number of allylic oxidation sites excluding steroid dienone is 3. The summed E-state index contributed by atoms with van der Waals surface area (Å²) in [4.78, 5) is 12.2. The van der Waals surface area contributed by atoms with E-state index in [9.17, 15) is 4.79 Å². The Morgan fingerprint density at radius 2 is 1.52 bits per heavy atom. The van der Waals surface area contributed by atoms with Crippen LogP contribution in [0.3, 0.4) is 0 Å². The number of hydrogen-bond donors (Lipinski definition) is 2. The maximum absolute atomic E-state index is 12.2. The van der Waals surface area contributed by atoms with Crippen LogP contribution in [0.1, 0.15) is 59.8 Å². The van der Waals surface area contributed by atoms with Gasteiger partial charge in [0.25, 0.3) is 0 Å². The summed E-state index contributed by atoms with van der Waals surface area (Å²) in [6.07, 6.45) is 6.88. The largest absolute Gasteiger partial charge is 0.385 e. The van der Waals surface area contributed by atoms with Crippen LogP contribution in [0.2, 0.25) is 0 Å². The SMILES string of the molecule is C=C(/C=C(/C)n1ncc(NC)c1C)c1ccccc1C.CCc1ccc(CNC(=O)/C(C)=C/c2ccccc2C)cc1. The first-order valence-electron chi connectivity index (χ1n) is 14.4. The van der Waals surface area contributed by atoms with Crippen LogP contribution in [0.4, 0.5) is 5.69 Å². The van der Waals surface area contributed by atoms with Crippen LogP contribution in [-0.2, 0) is 17.8 Å². The van der Waals surface area contributed by atoms with E-state index in [1.165, 1.54) is 22.3 Å². The zero-order valence-electron chi connectivity index (χ0n) is 26.1. The van der Waals surface area contributed by atoms with E-state index in [4.69, 9.17) is 0 Å². The van der Waals surface area contributed by atoms with Crippen LogP contribution in [0.15, 0.2) is 97.2 Å². The summed E-state index contributed by atoms with van der Waals surface area (Å²) < 4.78 is 1.93. The summed E-state index contributed by atoms with van der Waals surface area (Å²) in [5.41, 5.74) is 12.0. The van der Waals surface area contributed by atoms with Gasteiger partial charge in [-0.15, -0.1) is 0 Å². The first-order chi connectivity index (χ1) is 20.1. The topological polar surface area (TPSA) is 59.0 Å². The van der Waals surface area contributed by atoms with Crippen molar-refractivity contribution in [3.05, 3.63) is 136 Å². The van der Waals surface area contributed by atoms with Gasteiger partial charge in [-0.2, -0.15) is 5.10 Å². The molecule has 0 aliphatic carbocycles. The van der Waals surface area contributed by atoms with Gasteiger partial charge in [-0.25, -0.2) is 4.68 Å². The quantitative estimate of drug-likeness (QED) is 0.160. The molecule has 3 aromatic carbocycles. The van der Waals surface area contributed by atoms with E-state index in [1.54, 1.807) is 0 Å². The monoisotopic (exact) mass is 560 g/mol. The number of aromatic nitrogens is 2. The lowest BCUT2D eigenvalue weighted by atomic mass is 10.0. The van der Waals surface area contributed by atoms with E-state index < -0.39 is 0 Å². The molecule has 0 saturated carbocycles. The number of carbonyl (C=O) groups is 1. The molecule has 1 heterocycles. The summed E-state index contributed by atoms with van der Waals surface area (Å²) in [7, 11) is 1.90. The van der Waals surface area contributed by atoms with Crippen molar-refractivity contribution >= 4 is 28.9 Å². The lowest BCUT2D eigenvalue weighted by Crippen LogP contribution is -2.23. The molecule has 42 heavy (non-hydrogen) atoms. The molecule has 2 N–H and O–H groups in total. The second kappa shape index (κ2) is 15.4. The average molecular weight is 561 g/mol. The van der Waals surface area contributed by atoms with Crippen LogP contribution in [-0.4, -0.2) is 22.7 Å². The predicted octanol–water partition coefficient (Wildman–Crippen LogP) is 8.39. The number of nitrogens with zero attached hydrogens (tertiary/aromatic N) is 2. The van der Waals surface area contributed by atoms with E-state index in [0.717, 1.165) is 45.8 Å². The van der Waals surface area contributed by atoms with Gasteiger partial charge in [-0.3, -0.25) is 4.79 Å². The molecule has 4 rings (SSSR count). The molecule has 218 valence electrons. The highest BCUT2D eigenvalue weighted by atomic mass is 16.1. The summed E-state index contributed by atoms with van der Waals surface area (Å²) in [6.45, 7) is 17.0. The molecule has 1 aromatic heterocycles. The van der Waals surface area contributed by atoms with E-state index in [0.29, 0.717) is 6.54 Å². The maximum Gasteiger partial charge on any atom is 0.247 e. The summed E-state index contributed by atoms with van der Waals surface area (Å²) in [6, 6.07) is 24.7. The zero-order valence-corrected chi connectivity index (χ0v) is 26.1. The van der Waals surface area contributed by atoms with E-state index in [-0.39, 0.29) is 5.91 Å². The minimum Gasteiger partial charge on any atom is -0.385 e. The average Bonchev–Trinajstić information content (AvgIpc) is 3.38. The number of amides is 1. The number of aryl methyl sites for hydroxylation is 3. The summed E-state index contributed by atoms with van der Waals surface area (Å²) in [5.74, 6) is -0.0252. The Morgan fingerprint density at radius 1 is 0.905 bits per heavy atom. The van der Waals surface area contributed by atoms with Crippen molar-refractivity contribution in [1.29, 1.82) is 0 Å². The smallest absolute Gasteiger partial charge is 0.247 e. The lowest BCUT2D eigenvalue weighted by Gasteiger charge is -2.09. The van der Waals surface area contributed by atoms with Crippen LogP contribution < -0.4 is 10.6 Å². The molecule has 0 unspecified atom stereocenters. The summed E-state index contributed by atoms with van der Waals surface area (Å²) in [5, 5.41) is 10.5. The Kier molecular flexibility index (Phi) is 11.7. The molecule has 5 nitrogen and oxygen atoms in total. The Hall–Kier alpha value is -4.64. The van der Waals surface area contributed by atoms with Gasteiger partial charge in [-0.05, 0) is 92.1 Å². The van der Waals surface area contributed by atoms with Crippen molar-refractivity contribution in [1.82, 2.24) is 15.1 Å². The van der Waals surface area contributed by atoms with Gasteiger partial charge < -0.3 is 10.6 Å². The van der Waals surface area contributed by atoms with Crippen molar-refractivity contribution in [3.63, 3.8) is 0 Å². The Morgan fingerprint density at radius 3 is 2.12 bits per heavy atom. The molecular weight excluding hydrogens is 516 g/mol. The number of rotatable bonds is 9. The molecule has 0 saturated heterocycles. The minimum atomic E-state index is -0.0252. The van der Waals surface area contributed by atoms with E-state index in [2.05, 4.69) is 78.6 Å². The lowest BCUT2D eigenvalue weighted by molar-refractivity contribution is -0.117. The first kappa shape index (κ1) is 31.9. The maximum atomic E-state index is 12.2. The Balaban J connectivity index is 0.000000231. The van der Waals surface area contributed by atoms with Crippen molar-refractivity contribution in [2.75, 3.05) is 12.4 Å². The Bertz CT molecular complexity index is 1570. The highest BCUT2D eigenvalue weighted by Gasteiger charge is 2.08.